The van der Waals surface area contributed by atoms with Gasteiger partial charge in [-0.05, 0) is 35.4 Å². The van der Waals surface area contributed by atoms with Crippen molar-refractivity contribution in [2.24, 2.45) is 0 Å². The molecular weight excluding hydrogens is 394 g/mol. The molecule has 5 aromatic rings. The Kier molecular flexibility index (Phi) is 5.50. The van der Waals surface area contributed by atoms with Gasteiger partial charge in [0.05, 0.1) is 24.7 Å². The molecule has 0 unspecified atom stereocenters. The van der Waals surface area contributed by atoms with Gasteiger partial charge in [-0.25, -0.2) is 9.97 Å². The van der Waals surface area contributed by atoms with E-state index in [0.29, 0.717) is 6.54 Å². The molecule has 32 heavy (non-hydrogen) atoms. The maximum Gasteiger partial charge on any atom is 0.159 e. The maximum absolute atomic E-state index is 5.23. The first-order chi connectivity index (χ1) is 15.8. The van der Waals surface area contributed by atoms with Gasteiger partial charge in [-0.1, -0.05) is 72.8 Å². The molecule has 0 bridgehead atoms. The second kappa shape index (κ2) is 8.90. The second-order valence-electron chi connectivity index (χ2n) is 7.59. The van der Waals surface area contributed by atoms with E-state index in [1.165, 1.54) is 5.56 Å². The molecule has 2 heterocycles. The summed E-state index contributed by atoms with van der Waals surface area (Å²) in [6.07, 6.45) is 1.84. The van der Waals surface area contributed by atoms with E-state index in [9.17, 15) is 0 Å². The van der Waals surface area contributed by atoms with Gasteiger partial charge in [-0.15, -0.1) is 0 Å². The summed E-state index contributed by atoms with van der Waals surface area (Å²) in [7, 11) is 1.68. The van der Waals surface area contributed by atoms with E-state index in [4.69, 9.17) is 9.72 Å². The molecule has 0 radical (unpaired) electrons. The van der Waals surface area contributed by atoms with Crippen molar-refractivity contribution in [1.82, 2.24) is 9.97 Å². The van der Waals surface area contributed by atoms with E-state index in [0.717, 1.165) is 44.9 Å². The van der Waals surface area contributed by atoms with Crippen molar-refractivity contribution in [2.75, 3.05) is 12.4 Å². The van der Waals surface area contributed by atoms with Crippen LogP contribution in [-0.2, 0) is 6.54 Å². The van der Waals surface area contributed by atoms with Crippen molar-refractivity contribution in [1.29, 1.82) is 0 Å². The molecule has 156 valence electrons. The van der Waals surface area contributed by atoms with Crippen LogP contribution in [0.25, 0.3) is 33.4 Å². The van der Waals surface area contributed by atoms with Gasteiger partial charge in [0.1, 0.15) is 5.75 Å². The zero-order valence-corrected chi connectivity index (χ0v) is 17.8. The molecule has 4 nitrogen and oxygen atoms in total. The summed E-state index contributed by atoms with van der Waals surface area (Å²) in [6.45, 7) is 0.707. The highest BCUT2D eigenvalue weighted by Gasteiger charge is 2.12. The lowest BCUT2D eigenvalue weighted by Crippen LogP contribution is -2.00. The zero-order valence-electron chi connectivity index (χ0n) is 17.8. The number of rotatable bonds is 6. The number of ether oxygens (including phenoxy) is 1. The van der Waals surface area contributed by atoms with E-state index in [1.54, 1.807) is 7.11 Å². The first kappa shape index (κ1) is 19.8. The number of hydrogen-bond donors (Lipinski definition) is 1. The van der Waals surface area contributed by atoms with Gasteiger partial charge in [0.2, 0.25) is 0 Å². The van der Waals surface area contributed by atoms with Crippen molar-refractivity contribution >= 4 is 16.7 Å². The van der Waals surface area contributed by atoms with Crippen molar-refractivity contribution in [2.45, 2.75) is 6.54 Å². The highest BCUT2D eigenvalue weighted by atomic mass is 16.5. The lowest BCUT2D eigenvalue weighted by molar-refractivity contribution is 0.414. The fourth-order valence-electron chi connectivity index (χ4n) is 3.76. The van der Waals surface area contributed by atoms with E-state index in [-0.39, 0.29) is 0 Å². The third-order valence-corrected chi connectivity index (χ3v) is 5.46. The van der Waals surface area contributed by atoms with Gasteiger partial charge in [-0.3, -0.25) is 0 Å². The van der Waals surface area contributed by atoms with Gasteiger partial charge >= 0.3 is 0 Å². The second-order valence-corrected chi connectivity index (χ2v) is 7.59. The summed E-state index contributed by atoms with van der Waals surface area (Å²) in [4.78, 5) is 9.60. The lowest BCUT2D eigenvalue weighted by Gasteiger charge is -2.12. The normalized spacial score (nSPS) is 10.8. The standard InChI is InChI=1S/C28H23N3O/c1-32-25-14-12-20(13-15-25)18-29-24-16-23-17-26(21-8-4-2-5-9-21)27(31-28(23)30-19-24)22-10-6-3-7-11-22/h2-17,19,29H,18H2,1H3. The lowest BCUT2D eigenvalue weighted by atomic mass is 9.98. The van der Waals surface area contributed by atoms with Crippen LogP contribution in [0.5, 0.6) is 5.75 Å². The van der Waals surface area contributed by atoms with Crippen molar-refractivity contribution in [3.05, 3.63) is 109 Å². The average molecular weight is 418 g/mol. The Morgan fingerprint density at radius 2 is 1.47 bits per heavy atom. The monoisotopic (exact) mass is 417 g/mol. The van der Waals surface area contributed by atoms with Crippen LogP contribution in [0.3, 0.4) is 0 Å². The number of nitrogens with one attached hydrogen (secondary N) is 1. The van der Waals surface area contributed by atoms with Crippen molar-refractivity contribution < 1.29 is 4.74 Å². The van der Waals surface area contributed by atoms with Gasteiger partial charge in [0, 0.05) is 23.1 Å². The van der Waals surface area contributed by atoms with Crippen LogP contribution in [0.2, 0.25) is 0 Å². The Morgan fingerprint density at radius 3 is 2.16 bits per heavy atom. The average Bonchev–Trinajstić information content (AvgIpc) is 2.88. The summed E-state index contributed by atoms with van der Waals surface area (Å²) in [6, 6.07) is 33.0. The highest BCUT2D eigenvalue weighted by molar-refractivity contribution is 5.91. The molecule has 0 aliphatic rings. The number of hydrogen-bond acceptors (Lipinski definition) is 4. The Hall–Kier alpha value is -4.18. The third-order valence-electron chi connectivity index (χ3n) is 5.46. The summed E-state index contributed by atoms with van der Waals surface area (Å²) < 4.78 is 5.23. The number of benzene rings is 3. The van der Waals surface area contributed by atoms with Gasteiger partial charge in [0.15, 0.2) is 5.65 Å². The topological polar surface area (TPSA) is 47.0 Å². The minimum Gasteiger partial charge on any atom is -0.497 e. The van der Waals surface area contributed by atoms with Crippen LogP contribution in [0.1, 0.15) is 5.56 Å². The zero-order chi connectivity index (χ0) is 21.8. The summed E-state index contributed by atoms with van der Waals surface area (Å²) in [5.41, 5.74) is 7.12. The maximum atomic E-state index is 5.23. The third kappa shape index (κ3) is 4.16. The van der Waals surface area contributed by atoms with Gasteiger partial charge in [-0.2, -0.15) is 0 Å². The quantitative estimate of drug-likeness (QED) is 0.339. The molecule has 2 aromatic heterocycles. The number of pyridine rings is 2. The minimum atomic E-state index is 0.707. The van der Waals surface area contributed by atoms with Crippen molar-refractivity contribution in [3.8, 4) is 28.1 Å². The van der Waals surface area contributed by atoms with Gasteiger partial charge in [0.25, 0.3) is 0 Å². The van der Waals surface area contributed by atoms with Crippen LogP contribution in [0, 0.1) is 0 Å². The Balaban J connectivity index is 1.51. The Bertz CT molecular complexity index is 1330. The molecule has 5 rings (SSSR count). The summed E-state index contributed by atoms with van der Waals surface area (Å²) in [5.74, 6) is 0.856. The number of aromatic nitrogens is 2. The Labute approximate surface area is 187 Å². The predicted octanol–water partition coefficient (Wildman–Crippen LogP) is 6.58. The number of methoxy groups -OCH3 is 1. The molecule has 0 saturated heterocycles. The molecular formula is C28H23N3O. The van der Waals surface area contributed by atoms with Crippen LogP contribution in [-0.4, -0.2) is 17.1 Å². The van der Waals surface area contributed by atoms with Crippen LogP contribution in [0.15, 0.2) is 103 Å². The van der Waals surface area contributed by atoms with E-state index in [1.807, 2.05) is 42.6 Å². The summed E-state index contributed by atoms with van der Waals surface area (Å²) >= 11 is 0. The highest BCUT2D eigenvalue weighted by Crippen LogP contribution is 2.33. The molecule has 0 amide bonds. The molecule has 0 saturated carbocycles. The molecule has 0 aliphatic carbocycles. The molecule has 4 heteroatoms. The van der Waals surface area contributed by atoms with Crippen LogP contribution in [0.4, 0.5) is 5.69 Å². The molecule has 1 N–H and O–H groups in total. The predicted molar refractivity (Wildman–Crippen MR) is 131 cm³/mol. The fourth-order valence-corrected chi connectivity index (χ4v) is 3.76. The summed E-state index contributed by atoms with van der Waals surface area (Å²) in [5, 5.41) is 4.47. The number of nitrogens with zero attached hydrogens (tertiary/aromatic N) is 2. The van der Waals surface area contributed by atoms with Gasteiger partial charge < -0.3 is 10.1 Å². The first-order valence-corrected chi connectivity index (χ1v) is 10.6. The first-order valence-electron chi connectivity index (χ1n) is 10.6. The van der Waals surface area contributed by atoms with Crippen molar-refractivity contribution in [3.63, 3.8) is 0 Å². The SMILES string of the molecule is COc1ccc(CNc2cnc3nc(-c4ccccc4)c(-c4ccccc4)cc3c2)cc1. The molecule has 0 atom stereocenters. The molecule has 0 spiro atoms. The Morgan fingerprint density at radius 1 is 0.781 bits per heavy atom. The largest absolute Gasteiger partial charge is 0.497 e. The van der Waals surface area contributed by atoms with E-state index < -0.39 is 0 Å². The fraction of sp³-hybridized carbons (Fsp3) is 0.0714. The van der Waals surface area contributed by atoms with Crippen LogP contribution >= 0.6 is 0 Å². The minimum absolute atomic E-state index is 0.707. The van der Waals surface area contributed by atoms with Crippen LogP contribution < -0.4 is 10.1 Å². The smallest absolute Gasteiger partial charge is 0.159 e. The molecule has 0 aliphatic heterocycles. The molecule has 3 aromatic carbocycles. The molecule has 0 fully saturated rings. The number of fused-ring (bicyclic) bond motifs is 1. The van der Waals surface area contributed by atoms with E-state index in [2.05, 4.69) is 71.0 Å². The number of anilines is 1. The van der Waals surface area contributed by atoms with E-state index >= 15 is 0 Å².